The number of rotatable bonds is 9. The highest BCUT2D eigenvalue weighted by Gasteiger charge is 2.70. The minimum absolute atomic E-state index is 0.0694. The van der Waals surface area contributed by atoms with Crippen LogP contribution in [0, 0.1) is 28.6 Å². The molecule has 1 saturated heterocycles. The Labute approximate surface area is 238 Å². The van der Waals surface area contributed by atoms with E-state index in [4.69, 9.17) is 5.73 Å². The molecule has 5 amide bonds. The van der Waals surface area contributed by atoms with Crippen LogP contribution in [0.15, 0.2) is 0 Å². The average molecular weight is 560 g/mol. The molecule has 10 heteroatoms. The first kappa shape index (κ1) is 30.3. The maximum atomic E-state index is 14.1. The molecule has 1 aliphatic heterocycles. The highest BCUT2D eigenvalue weighted by molar-refractivity contribution is 6.37. The Bertz CT molecular complexity index is 1040. The molecule has 4 unspecified atom stereocenters. The summed E-state index contributed by atoms with van der Waals surface area (Å²) in [7, 11) is 0. The van der Waals surface area contributed by atoms with Crippen molar-refractivity contribution in [3.05, 3.63) is 0 Å². The van der Waals surface area contributed by atoms with Crippen LogP contribution in [0.5, 0.6) is 0 Å². The van der Waals surface area contributed by atoms with Gasteiger partial charge in [0, 0.05) is 12.1 Å². The van der Waals surface area contributed by atoms with Crippen molar-refractivity contribution in [2.75, 3.05) is 6.54 Å². The zero-order valence-electron chi connectivity index (χ0n) is 25.1. The van der Waals surface area contributed by atoms with Gasteiger partial charge >= 0.3 is 6.03 Å². The minimum atomic E-state index is -1.07. The number of piperidine rings is 1. The van der Waals surface area contributed by atoms with E-state index >= 15 is 0 Å². The molecule has 3 saturated carbocycles. The van der Waals surface area contributed by atoms with Crippen molar-refractivity contribution >= 4 is 29.5 Å². The summed E-state index contributed by atoms with van der Waals surface area (Å²) in [4.78, 5) is 67.0. The number of likely N-dealkylation sites (tertiary alicyclic amines) is 1. The number of nitrogens with one attached hydrogen (secondary N) is 3. The molecular weight excluding hydrogens is 510 g/mol. The number of amides is 5. The van der Waals surface area contributed by atoms with E-state index in [1.54, 1.807) is 4.90 Å². The molecule has 10 nitrogen and oxygen atoms in total. The third kappa shape index (κ3) is 6.15. The van der Waals surface area contributed by atoms with Crippen LogP contribution < -0.4 is 21.7 Å². The Morgan fingerprint density at radius 3 is 2.10 bits per heavy atom. The number of fused-ring (bicyclic) bond motifs is 1. The van der Waals surface area contributed by atoms with Crippen molar-refractivity contribution < 1.29 is 24.0 Å². The molecule has 3 aliphatic carbocycles. The molecule has 4 fully saturated rings. The van der Waals surface area contributed by atoms with Crippen LogP contribution in [0.25, 0.3) is 0 Å². The van der Waals surface area contributed by atoms with Gasteiger partial charge in [-0.25, -0.2) is 4.79 Å². The first-order valence-corrected chi connectivity index (χ1v) is 15.1. The summed E-state index contributed by atoms with van der Waals surface area (Å²) in [5, 5.41) is 8.86. The summed E-state index contributed by atoms with van der Waals surface area (Å²) >= 11 is 0. The molecule has 0 radical (unpaired) electrons. The van der Waals surface area contributed by atoms with Gasteiger partial charge in [-0.05, 0) is 54.8 Å². The topological polar surface area (TPSA) is 151 Å². The zero-order valence-corrected chi connectivity index (χ0v) is 25.1. The third-order valence-corrected chi connectivity index (χ3v) is 10.2. The smallest absolute Gasteiger partial charge is 0.315 e. The number of carbonyl (C=O) groups is 5. The molecule has 1 heterocycles. The Morgan fingerprint density at radius 1 is 0.950 bits per heavy atom. The number of primary amides is 1. The van der Waals surface area contributed by atoms with E-state index in [9.17, 15) is 24.0 Å². The number of Topliss-reactive ketones (excluding diaryl/α,β-unsaturated/α-hetero) is 1. The number of nitrogens with two attached hydrogens (primary N) is 1. The largest absolute Gasteiger partial charge is 0.363 e. The van der Waals surface area contributed by atoms with Gasteiger partial charge in [-0.1, -0.05) is 73.1 Å². The van der Waals surface area contributed by atoms with Crippen molar-refractivity contribution in [3.63, 3.8) is 0 Å². The van der Waals surface area contributed by atoms with Gasteiger partial charge in [-0.2, -0.15) is 0 Å². The summed E-state index contributed by atoms with van der Waals surface area (Å²) < 4.78 is 0. The predicted molar refractivity (Wildman–Crippen MR) is 151 cm³/mol. The molecular formula is C30H49N5O5. The summed E-state index contributed by atoms with van der Waals surface area (Å²) in [6, 6.07) is -3.01. The van der Waals surface area contributed by atoms with Gasteiger partial charge in [0.05, 0.1) is 6.04 Å². The molecule has 0 spiro atoms. The molecule has 224 valence electrons. The van der Waals surface area contributed by atoms with E-state index in [1.165, 1.54) is 0 Å². The quantitative estimate of drug-likeness (QED) is 0.320. The van der Waals surface area contributed by atoms with Crippen molar-refractivity contribution in [3.8, 4) is 0 Å². The van der Waals surface area contributed by atoms with Crippen LogP contribution >= 0.6 is 0 Å². The van der Waals surface area contributed by atoms with Gasteiger partial charge in [0.25, 0.3) is 5.91 Å². The molecule has 0 bridgehead atoms. The zero-order chi connectivity index (χ0) is 29.6. The van der Waals surface area contributed by atoms with Crippen LogP contribution in [0.2, 0.25) is 0 Å². The Hall–Kier alpha value is -2.65. The summed E-state index contributed by atoms with van der Waals surface area (Å²) in [5.41, 5.74) is 4.27. The lowest BCUT2D eigenvalue weighted by atomic mass is 9.80. The number of hydrogen-bond donors (Lipinski definition) is 4. The van der Waals surface area contributed by atoms with Crippen molar-refractivity contribution in [1.29, 1.82) is 0 Å². The monoisotopic (exact) mass is 559 g/mol. The fourth-order valence-corrected chi connectivity index (χ4v) is 7.25. The van der Waals surface area contributed by atoms with E-state index in [0.29, 0.717) is 13.0 Å². The van der Waals surface area contributed by atoms with E-state index in [2.05, 4.69) is 29.8 Å². The van der Waals surface area contributed by atoms with Crippen LogP contribution in [-0.2, 0) is 19.2 Å². The summed E-state index contributed by atoms with van der Waals surface area (Å²) in [6.07, 6.45) is 8.40. The molecule has 40 heavy (non-hydrogen) atoms. The van der Waals surface area contributed by atoms with Gasteiger partial charge in [-0.3, -0.25) is 19.2 Å². The number of ketones is 1. The maximum Gasteiger partial charge on any atom is 0.315 e. The molecule has 4 aliphatic rings. The molecule has 5 N–H and O–H groups in total. The second kappa shape index (κ2) is 11.0. The SMILES string of the molecule is CC1(NC(=O)NC(C(=O)N2CC3[C@@H](C2C(=O)NC(CC2CCC2)C(=O)C(N)=O)C3(C)C)C(C)(C)C)CCCCC1. The lowest BCUT2D eigenvalue weighted by Gasteiger charge is -2.39. The summed E-state index contributed by atoms with van der Waals surface area (Å²) in [5.74, 6) is -2.28. The average Bonchev–Trinajstić information content (AvgIpc) is 3.14. The molecule has 0 aromatic carbocycles. The number of urea groups is 1. The first-order chi connectivity index (χ1) is 18.5. The molecule has 0 aromatic heterocycles. The number of carbonyl (C=O) groups excluding carboxylic acids is 5. The van der Waals surface area contributed by atoms with Crippen LogP contribution in [-0.4, -0.2) is 64.6 Å². The van der Waals surface area contributed by atoms with Gasteiger partial charge in [0.1, 0.15) is 12.1 Å². The standard InChI is InChI=1S/C30H49N5O5/c1-28(2,3)23(33-27(40)34-30(6)13-8-7-9-14-30)26(39)35-16-18-20(29(18,4)5)21(35)25(38)32-19(22(36)24(31)37)15-17-11-10-12-17/h17-21,23H,7-16H2,1-6H3,(H2,31,37)(H,32,38)(H2,33,34,40)/t18?,19?,20-,21?,23?/m0/s1. The predicted octanol–water partition coefficient (Wildman–Crippen LogP) is 2.64. The second-order valence-corrected chi connectivity index (χ2v) is 14.7. The Balaban J connectivity index is 1.52. The molecule has 5 atom stereocenters. The fourth-order valence-electron chi connectivity index (χ4n) is 7.25. The maximum absolute atomic E-state index is 14.1. The van der Waals surface area contributed by atoms with Gasteiger partial charge in [0.15, 0.2) is 0 Å². The Kier molecular flexibility index (Phi) is 8.31. The van der Waals surface area contributed by atoms with Crippen LogP contribution in [0.4, 0.5) is 4.79 Å². The Morgan fingerprint density at radius 2 is 1.57 bits per heavy atom. The van der Waals surface area contributed by atoms with Crippen LogP contribution in [0.3, 0.4) is 0 Å². The number of hydrogen-bond acceptors (Lipinski definition) is 5. The highest BCUT2D eigenvalue weighted by Crippen LogP contribution is 2.65. The van der Waals surface area contributed by atoms with E-state index in [0.717, 1.165) is 51.4 Å². The normalized spacial score (nSPS) is 28.4. The lowest BCUT2D eigenvalue weighted by molar-refractivity contribution is -0.145. The van der Waals surface area contributed by atoms with E-state index in [1.807, 2.05) is 27.7 Å². The van der Waals surface area contributed by atoms with E-state index < -0.39 is 41.1 Å². The third-order valence-electron chi connectivity index (χ3n) is 10.2. The van der Waals surface area contributed by atoms with E-state index in [-0.39, 0.29) is 40.6 Å². The lowest BCUT2D eigenvalue weighted by Crippen LogP contribution is -2.62. The highest BCUT2D eigenvalue weighted by atomic mass is 16.2. The second-order valence-electron chi connectivity index (χ2n) is 14.7. The first-order valence-electron chi connectivity index (χ1n) is 15.1. The molecule has 0 aromatic rings. The number of nitrogens with zero attached hydrogens (tertiary/aromatic N) is 1. The van der Waals surface area contributed by atoms with Gasteiger partial charge < -0.3 is 26.6 Å². The van der Waals surface area contributed by atoms with Crippen molar-refractivity contribution in [1.82, 2.24) is 20.9 Å². The molecule has 4 rings (SSSR count). The van der Waals surface area contributed by atoms with Gasteiger partial charge in [-0.15, -0.1) is 0 Å². The van der Waals surface area contributed by atoms with Crippen molar-refractivity contribution in [2.45, 2.75) is 123 Å². The minimum Gasteiger partial charge on any atom is -0.363 e. The fraction of sp³-hybridized carbons (Fsp3) is 0.833. The van der Waals surface area contributed by atoms with Gasteiger partial charge in [0.2, 0.25) is 17.6 Å². The van der Waals surface area contributed by atoms with Crippen molar-refractivity contribution in [2.24, 2.45) is 34.3 Å². The summed E-state index contributed by atoms with van der Waals surface area (Å²) in [6.45, 7) is 12.3. The van der Waals surface area contributed by atoms with Crippen LogP contribution in [0.1, 0.15) is 99.3 Å².